The second kappa shape index (κ2) is 8.08. The Labute approximate surface area is 190 Å². The van der Waals surface area contributed by atoms with Gasteiger partial charge in [-0.25, -0.2) is 0 Å². The predicted molar refractivity (Wildman–Crippen MR) is 127 cm³/mol. The first-order chi connectivity index (χ1) is 15.4. The molecule has 1 fully saturated rings. The Morgan fingerprint density at radius 3 is 2.91 bits per heavy atom. The maximum atomic E-state index is 12.7. The van der Waals surface area contributed by atoms with Crippen LogP contribution in [0.3, 0.4) is 0 Å². The molecule has 4 nitrogen and oxygen atoms in total. The summed E-state index contributed by atoms with van der Waals surface area (Å²) in [7, 11) is 0. The number of hydrogen-bond donors (Lipinski definition) is 2. The molecule has 3 aliphatic carbocycles. The lowest BCUT2D eigenvalue weighted by molar-refractivity contribution is 0.0943. The lowest BCUT2D eigenvalue weighted by Gasteiger charge is -2.41. The first-order valence-electron chi connectivity index (χ1n) is 11.9. The molecule has 2 N–H and O–H groups in total. The molecule has 3 atom stereocenters. The Kier molecular flexibility index (Phi) is 5.37. The highest BCUT2D eigenvalue weighted by molar-refractivity contribution is 5.97. The van der Waals surface area contributed by atoms with Gasteiger partial charge >= 0.3 is 0 Å². The van der Waals surface area contributed by atoms with Crippen LogP contribution in [-0.2, 0) is 0 Å². The minimum atomic E-state index is -0.403. The third-order valence-electron chi connectivity index (χ3n) is 7.89. The normalized spacial score (nSPS) is 27.7. The maximum absolute atomic E-state index is 12.7. The number of carbonyl (C=O) groups excluding carboxylic acids is 1. The van der Waals surface area contributed by atoms with Crippen LogP contribution in [0.15, 0.2) is 69.4 Å². The molecule has 0 aliphatic heterocycles. The number of allylic oxidation sites excluding steroid dienone is 4. The van der Waals surface area contributed by atoms with Gasteiger partial charge in [-0.2, -0.15) is 0 Å². The summed E-state index contributed by atoms with van der Waals surface area (Å²) >= 11 is 0. The molecule has 0 saturated heterocycles. The van der Waals surface area contributed by atoms with Crippen molar-refractivity contribution in [2.45, 2.75) is 59.0 Å². The van der Waals surface area contributed by atoms with Gasteiger partial charge in [0.05, 0.1) is 12.4 Å². The molecule has 2 aromatic rings. The van der Waals surface area contributed by atoms with E-state index >= 15 is 0 Å². The second-order valence-electron chi connectivity index (χ2n) is 10.3. The molecule has 0 bridgehead atoms. The lowest BCUT2D eigenvalue weighted by atomic mass is 9.64. The molecule has 1 heterocycles. The molecule has 3 unspecified atom stereocenters. The number of hydrogen-bond acceptors (Lipinski definition) is 3. The topological polar surface area (TPSA) is 62.5 Å². The van der Waals surface area contributed by atoms with E-state index < -0.39 is 6.10 Å². The van der Waals surface area contributed by atoms with Crippen molar-refractivity contribution in [3.8, 4) is 0 Å². The fraction of sp³-hybridized carbons (Fsp3) is 0.464. The molecule has 3 aliphatic rings. The van der Waals surface area contributed by atoms with Gasteiger partial charge in [0.25, 0.3) is 5.91 Å². The number of aliphatic hydroxyl groups excluding tert-OH is 1. The Balaban J connectivity index is 1.37. The zero-order valence-corrected chi connectivity index (χ0v) is 19.3. The smallest absolute Gasteiger partial charge is 0.251 e. The maximum Gasteiger partial charge on any atom is 0.251 e. The van der Waals surface area contributed by atoms with Gasteiger partial charge in [-0.1, -0.05) is 38.5 Å². The van der Waals surface area contributed by atoms with Crippen molar-refractivity contribution in [2.24, 2.45) is 17.3 Å². The molecule has 1 amide bonds. The number of nitrogens with one attached hydrogen (secondary N) is 1. The van der Waals surface area contributed by atoms with Gasteiger partial charge in [-0.3, -0.25) is 4.79 Å². The predicted octanol–water partition coefficient (Wildman–Crippen LogP) is 5.94. The number of fused-ring (bicyclic) bond motifs is 4. The molecule has 1 saturated carbocycles. The largest absolute Gasteiger partial charge is 0.464 e. The van der Waals surface area contributed by atoms with Gasteiger partial charge in [-0.05, 0) is 84.4 Å². The SMILES string of the molecule is CC(C)C1=C2C3=CC=C(CNC(=O)c4ccc5occc5c4)CC(O)C3CCC2(C)CC1. The minimum absolute atomic E-state index is 0.106. The van der Waals surface area contributed by atoms with E-state index in [4.69, 9.17) is 4.42 Å². The van der Waals surface area contributed by atoms with Crippen LogP contribution in [0.25, 0.3) is 11.0 Å². The molecule has 5 rings (SSSR count). The molecule has 0 radical (unpaired) electrons. The highest BCUT2D eigenvalue weighted by atomic mass is 16.3. The average Bonchev–Trinajstić information content (AvgIpc) is 3.34. The van der Waals surface area contributed by atoms with Crippen LogP contribution in [0.1, 0.15) is 63.2 Å². The fourth-order valence-corrected chi connectivity index (χ4v) is 6.05. The Hall–Kier alpha value is -2.59. The van der Waals surface area contributed by atoms with Gasteiger partial charge in [0, 0.05) is 23.4 Å². The number of aliphatic hydroxyl groups is 1. The molecule has 32 heavy (non-hydrogen) atoms. The van der Waals surface area contributed by atoms with Crippen LogP contribution in [0.2, 0.25) is 0 Å². The van der Waals surface area contributed by atoms with E-state index in [1.807, 2.05) is 18.2 Å². The fourth-order valence-electron chi connectivity index (χ4n) is 6.05. The Morgan fingerprint density at radius 1 is 1.25 bits per heavy atom. The molecule has 4 heteroatoms. The lowest BCUT2D eigenvalue weighted by Crippen LogP contribution is -2.34. The first kappa shape index (κ1) is 21.3. The summed E-state index contributed by atoms with van der Waals surface area (Å²) in [6.45, 7) is 7.45. The zero-order valence-electron chi connectivity index (χ0n) is 19.3. The van der Waals surface area contributed by atoms with E-state index in [-0.39, 0.29) is 17.2 Å². The summed E-state index contributed by atoms with van der Waals surface area (Å²) in [6.07, 6.45) is 10.8. The zero-order chi connectivity index (χ0) is 22.5. The minimum Gasteiger partial charge on any atom is -0.464 e. The Bertz CT molecular complexity index is 1150. The van der Waals surface area contributed by atoms with Crippen LogP contribution in [-0.4, -0.2) is 23.7 Å². The number of furan rings is 1. The van der Waals surface area contributed by atoms with Crippen molar-refractivity contribution in [1.82, 2.24) is 5.32 Å². The summed E-state index contributed by atoms with van der Waals surface area (Å²) in [4.78, 5) is 12.7. The van der Waals surface area contributed by atoms with Crippen LogP contribution < -0.4 is 5.32 Å². The second-order valence-corrected chi connectivity index (χ2v) is 10.3. The van der Waals surface area contributed by atoms with Crippen molar-refractivity contribution >= 4 is 16.9 Å². The Morgan fingerprint density at radius 2 is 2.09 bits per heavy atom. The molecular formula is C28H33NO3. The molecule has 1 aromatic carbocycles. The molecule has 168 valence electrons. The summed E-state index contributed by atoms with van der Waals surface area (Å²) in [5, 5.41) is 15.1. The van der Waals surface area contributed by atoms with E-state index in [1.54, 1.807) is 17.9 Å². The number of benzene rings is 1. The summed E-state index contributed by atoms with van der Waals surface area (Å²) in [5.41, 5.74) is 7.17. The van der Waals surface area contributed by atoms with Crippen LogP contribution in [0, 0.1) is 17.3 Å². The van der Waals surface area contributed by atoms with Crippen LogP contribution in [0.5, 0.6) is 0 Å². The standard InChI is InChI=1S/C28H33NO3/c1-17(2)21-8-11-28(3)12-9-22-23(26(21)28)6-4-18(14-24(22)30)16-29-27(31)20-5-7-25-19(15-20)10-13-32-25/h4-7,10,13,15,17,22,24,30H,8-9,11-12,14,16H2,1-3H3,(H,29,31). The van der Waals surface area contributed by atoms with Crippen molar-refractivity contribution in [3.63, 3.8) is 0 Å². The molecule has 0 spiro atoms. The highest BCUT2D eigenvalue weighted by Crippen LogP contribution is 2.57. The quantitative estimate of drug-likeness (QED) is 0.629. The first-order valence-corrected chi connectivity index (χ1v) is 11.9. The summed E-state index contributed by atoms with van der Waals surface area (Å²) in [5.74, 6) is 0.631. The van der Waals surface area contributed by atoms with E-state index in [1.165, 1.54) is 24.0 Å². The average molecular weight is 432 g/mol. The van der Waals surface area contributed by atoms with Gasteiger partial charge in [0.1, 0.15) is 5.58 Å². The highest BCUT2D eigenvalue weighted by Gasteiger charge is 2.46. The van der Waals surface area contributed by atoms with Crippen molar-refractivity contribution in [3.05, 3.63) is 70.5 Å². The van der Waals surface area contributed by atoms with E-state index in [0.717, 1.165) is 29.4 Å². The van der Waals surface area contributed by atoms with Gasteiger partial charge in [0.2, 0.25) is 0 Å². The number of rotatable bonds is 4. The third kappa shape index (κ3) is 3.65. The van der Waals surface area contributed by atoms with E-state index in [2.05, 4.69) is 38.2 Å². The van der Waals surface area contributed by atoms with Crippen molar-refractivity contribution in [1.29, 1.82) is 0 Å². The number of amides is 1. The van der Waals surface area contributed by atoms with Crippen LogP contribution >= 0.6 is 0 Å². The van der Waals surface area contributed by atoms with E-state index in [9.17, 15) is 9.90 Å². The van der Waals surface area contributed by atoms with Gasteiger partial charge in [0.15, 0.2) is 0 Å². The third-order valence-corrected chi connectivity index (χ3v) is 7.89. The van der Waals surface area contributed by atoms with Crippen molar-refractivity contribution < 1.29 is 14.3 Å². The van der Waals surface area contributed by atoms with E-state index in [0.29, 0.717) is 24.4 Å². The van der Waals surface area contributed by atoms with Gasteiger partial charge < -0.3 is 14.8 Å². The monoisotopic (exact) mass is 431 g/mol. The number of carbonyl (C=O) groups is 1. The summed E-state index contributed by atoms with van der Waals surface area (Å²) in [6, 6.07) is 7.32. The van der Waals surface area contributed by atoms with Gasteiger partial charge in [-0.15, -0.1) is 0 Å². The summed E-state index contributed by atoms with van der Waals surface area (Å²) < 4.78 is 5.36. The molecular weight excluding hydrogens is 398 g/mol. The molecule has 1 aromatic heterocycles. The van der Waals surface area contributed by atoms with Crippen molar-refractivity contribution in [2.75, 3.05) is 6.54 Å². The van der Waals surface area contributed by atoms with Crippen LogP contribution in [0.4, 0.5) is 0 Å².